The summed E-state index contributed by atoms with van der Waals surface area (Å²) < 4.78 is 13.4. The molecule has 0 spiro atoms. The van der Waals surface area contributed by atoms with Crippen LogP contribution < -0.4 is 5.32 Å². The molecular formula is C24H34FN3O2. The van der Waals surface area contributed by atoms with E-state index < -0.39 is 0 Å². The number of amides is 2. The first-order chi connectivity index (χ1) is 14.6. The van der Waals surface area contributed by atoms with Crippen LogP contribution in [0.3, 0.4) is 0 Å². The van der Waals surface area contributed by atoms with Gasteiger partial charge in [0, 0.05) is 25.0 Å². The maximum absolute atomic E-state index is 13.4. The molecule has 30 heavy (non-hydrogen) atoms. The van der Waals surface area contributed by atoms with E-state index in [1.165, 1.54) is 12.1 Å². The highest BCUT2D eigenvalue weighted by molar-refractivity contribution is 5.84. The van der Waals surface area contributed by atoms with Crippen LogP contribution in [0.2, 0.25) is 0 Å². The van der Waals surface area contributed by atoms with Crippen molar-refractivity contribution in [3.8, 4) is 0 Å². The van der Waals surface area contributed by atoms with Crippen molar-refractivity contribution in [3.05, 3.63) is 35.6 Å². The molecule has 1 unspecified atom stereocenters. The molecule has 164 valence electrons. The standard InChI is InChI=1S/C24H34FN3O2/c25-20-10-8-19(9-11-20)24(12-2-3-13-24)18-26-22(29)17-28-16-4-1-7-21(28)23(30)27-14-5-6-15-27/h8-11,21H,1-7,12-18H2,(H,26,29). The first-order valence-electron chi connectivity index (χ1n) is 11.6. The maximum atomic E-state index is 13.4. The molecule has 2 aliphatic heterocycles. The van der Waals surface area contributed by atoms with E-state index in [2.05, 4.69) is 10.2 Å². The van der Waals surface area contributed by atoms with Crippen LogP contribution in [0.4, 0.5) is 4.39 Å². The smallest absolute Gasteiger partial charge is 0.239 e. The number of nitrogens with one attached hydrogen (secondary N) is 1. The molecule has 3 aliphatic rings. The average Bonchev–Trinajstić information content (AvgIpc) is 3.46. The Morgan fingerprint density at radius 3 is 2.33 bits per heavy atom. The summed E-state index contributed by atoms with van der Waals surface area (Å²) >= 11 is 0. The Balaban J connectivity index is 1.36. The number of carbonyl (C=O) groups is 2. The van der Waals surface area contributed by atoms with Gasteiger partial charge in [0.1, 0.15) is 5.82 Å². The van der Waals surface area contributed by atoms with E-state index in [4.69, 9.17) is 0 Å². The van der Waals surface area contributed by atoms with Gasteiger partial charge >= 0.3 is 0 Å². The normalized spacial score (nSPS) is 24.2. The van der Waals surface area contributed by atoms with Gasteiger partial charge in [-0.05, 0) is 62.8 Å². The van der Waals surface area contributed by atoms with Crippen molar-refractivity contribution >= 4 is 11.8 Å². The quantitative estimate of drug-likeness (QED) is 0.776. The summed E-state index contributed by atoms with van der Waals surface area (Å²) in [5.41, 5.74) is 1.01. The fourth-order valence-corrected chi connectivity index (χ4v) is 5.54. The summed E-state index contributed by atoms with van der Waals surface area (Å²) in [5, 5.41) is 3.16. The highest BCUT2D eigenvalue weighted by atomic mass is 19.1. The predicted molar refractivity (Wildman–Crippen MR) is 115 cm³/mol. The van der Waals surface area contributed by atoms with Crippen LogP contribution in [0.5, 0.6) is 0 Å². The summed E-state index contributed by atoms with van der Waals surface area (Å²) in [6, 6.07) is 6.60. The van der Waals surface area contributed by atoms with Gasteiger partial charge in [-0.2, -0.15) is 0 Å². The lowest BCUT2D eigenvalue weighted by Crippen LogP contribution is -2.53. The van der Waals surface area contributed by atoms with Gasteiger partial charge in [0.05, 0.1) is 12.6 Å². The largest absolute Gasteiger partial charge is 0.354 e. The van der Waals surface area contributed by atoms with Gasteiger partial charge in [-0.3, -0.25) is 14.5 Å². The van der Waals surface area contributed by atoms with Crippen molar-refractivity contribution in [1.29, 1.82) is 0 Å². The minimum Gasteiger partial charge on any atom is -0.354 e. The monoisotopic (exact) mass is 415 g/mol. The molecule has 1 aliphatic carbocycles. The fraction of sp³-hybridized carbons (Fsp3) is 0.667. The number of rotatable bonds is 6. The molecule has 4 rings (SSSR count). The van der Waals surface area contributed by atoms with Gasteiger partial charge in [-0.1, -0.05) is 31.4 Å². The zero-order valence-corrected chi connectivity index (χ0v) is 17.9. The third kappa shape index (κ3) is 4.69. The number of hydrogen-bond acceptors (Lipinski definition) is 3. The molecular weight excluding hydrogens is 381 g/mol. The average molecular weight is 416 g/mol. The van der Waals surface area contributed by atoms with Crippen LogP contribution in [0, 0.1) is 5.82 Å². The Kier molecular flexibility index (Phi) is 6.71. The van der Waals surface area contributed by atoms with Crippen LogP contribution >= 0.6 is 0 Å². The Morgan fingerprint density at radius 1 is 0.967 bits per heavy atom. The molecule has 1 N–H and O–H groups in total. The van der Waals surface area contributed by atoms with Crippen LogP contribution in [-0.2, 0) is 15.0 Å². The van der Waals surface area contributed by atoms with Crippen LogP contribution in [0.25, 0.3) is 0 Å². The summed E-state index contributed by atoms with van der Waals surface area (Å²) in [6.07, 6.45) is 9.40. The van der Waals surface area contributed by atoms with Crippen molar-refractivity contribution < 1.29 is 14.0 Å². The molecule has 5 nitrogen and oxygen atoms in total. The Hall–Kier alpha value is -1.95. The lowest BCUT2D eigenvalue weighted by molar-refractivity contribution is -0.138. The molecule has 2 saturated heterocycles. The van der Waals surface area contributed by atoms with Crippen molar-refractivity contribution in [1.82, 2.24) is 15.1 Å². The SMILES string of the molecule is O=C(CN1CCCCC1C(=O)N1CCCC1)NCC1(c2ccc(F)cc2)CCCC1. The fourth-order valence-electron chi connectivity index (χ4n) is 5.54. The minimum absolute atomic E-state index is 0.00971. The number of halogens is 1. The Morgan fingerprint density at radius 2 is 1.63 bits per heavy atom. The van der Waals surface area contributed by atoms with Gasteiger partial charge in [0.2, 0.25) is 11.8 Å². The molecule has 3 fully saturated rings. The van der Waals surface area contributed by atoms with E-state index in [1.807, 2.05) is 17.0 Å². The highest BCUT2D eigenvalue weighted by Crippen LogP contribution is 2.40. The molecule has 1 atom stereocenters. The topological polar surface area (TPSA) is 52.7 Å². The van der Waals surface area contributed by atoms with Crippen LogP contribution in [0.15, 0.2) is 24.3 Å². The van der Waals surface area contributed by atoms with E-state index >= 15 is 0 Å². The van der Waals surface area contributed by atoms with Crippen LogP contribution in [0.1, 0.15) is 63.4 Å². The number of benzene rings is 1. The molecule has 0 aromatic heterocycles. The zero-order valence-electron chi connectivity index (χ0n) is 17.9. The minimum atomic E-state index is -0.227. The predicted octanol–water partition coefficient (Wildman–Crippen LogP) is 3.23. The van der Waals surface area contributed by atoms with Gasteiger partial charge < -0.3 is 10.2 Å². The van der Waals surface area contributed by atoms with Crippen molar-refractivity contribution in [2.75, 3.05) is 32.7 Å². The first kappa shape index (κ1) is 21.3. The number of hydrogen-bond donors (Lipinski definition) is 1. The lowest BCUT2D eigenvalue weighted by Gasteiger charge is -2.36. The molecule has 1 saturated carbocycles. The second-order valence-electron chi connectivity index (χ2n) is 9.29. The van der Waals surface area contributed by atoms with Crippen LogP contribution in [-0.4, -0.2) is 60.4 Å². The summed E-state index contributed by atoms with van der Waals surface area (Å²) in [5.74, 6) is -0.0298. The summed E-state index contributed by atoms with van der Waals surface area (Å²) in [4.78, 5) is 29.8. The summed E-state index contributed by atoms with van der Waals surface area (Å²) in [6.45, 7) is 3.38. The van der Waals surface area contributed by atoms with Crippen molar-refractivity contribution in [2.45, 2.75) is 69.2 Å². The van der Waals surface area contributed by atoms with Gasteiger partial charge in [-0.15, -0.1) is 0 Å². The zero-order chi connectivity index (χ0) is 21.0. The maximum Gasteiger partial charge on any atom is 0.239 e. The number of likely N-dealkylation sites (tertiary alicyclic amines) is 2. The summed E-state index contributed by atoms with van der Waals surface area (Å²) in [7, 11) is 0. The van der Waals surface area contributed by atoms with E-state index in [1.54, 1.807) is 0 Å². The molecule has 2 heterocycles. The molecule has 0 radical (unpaired) electrons. The van der Waals surface area contributed by atoms with Crippen molar-refractivity contribution in [3.63, 3.8) is 0 Å². The molecule has 2 amide bonds. The first-order valence-corrected chi connectivity index (χ1v) is 11.6. The Bertz CT molecular complexity index is 739. The van der Waals surface area contributed by atoms with E-state index in [0.717, 1.165) is 83.0 Å². The van der Waals surface area contributed by atoms with Crippen molar-refractivity contribution in [2.24, 2.45) is 0 Å². The van der Waals surface area contributed by atoms with E-state index in [-0.39, 0.29) is 35.6 Å². The second-order valence-corrected chi connectivity index (χ2v) is 9.29. The van der Waals surface area contributed by atoms with E-state index in [0.29, 0.717) is 6.54 Å². The molecule has 6 heteroatoms. The van der Waals surface area contributed by atoms with Gasteiger partial charge in [0.25, 0.3) is 0 Å². The molecule has 1 aromatic rings. The number of piperidine rings is 1. The number of carbonyl (C=O) groups excluding carboxylic acids is 2. The second kappa shape index (κ2) is 9.46. The van der Waals surface area contributed by atoms with Gasteiger partial charge in [-0.25, -0.2) is 4.39 Å². The Labute approximate surface area is 179 Å². The third-order valence-electron chi connectivity index (χ3n) is 7.30. The highest BCUT2D eigenvalue weighted by Gasteiger charge is 2.37. The number of nitrogens with zero attached hydrogens (tertiary/aromatic N) is 2. The lowest BCUT2D eigenvalue weighted by atomic mass is 9.79. The third-order valence-corrected chi connectivity index (χ3v) is 7.30. The van der Waals surface area contributed by atoms with Gasteiger partial charge in [0.15, 0.2) is 0 Å². The molecule has 0 bridgehead atoms. The van der Waals surface area contributed by atoms with E-state index in [9.17, 15) is 14.0 Å². The molecule has 1 aromatic carbocycles.